The van der Waals surface area contributed by atoms with Crippen LogP contribution in [-0.4, -0.2) is 4.57 Å². The minimum Gasteiger partial charge on any atom is -0.350 e. The van der Waals surface area contributed by atoms with Gasteiger partial charge < -0.3 is 4.57 Å². The largest absolute Gasteiger partial charge is 0.350 e. The number of benzene rings is 1. The summed E-state index contributed by atoms with van der Waals surface area (Å²) >= 11 is 0. The zero-order chi connectivity index (χ0) is 12.0. The minimum atomic E-state index is 0.595. The fraction of sp³-hybridized carbons (Fsp3) is 0.467. The van der Waals surface area contributed by atoms with Crippen molar-refractivity contribution in [2.24, 2.45) is 7.05 Å². The van der Waals surface area contributed by atoms with Crippen molar-refractivity contribution in [3.05, 3.63) is 34.5 Å². The van der Waals surface area contributed by atoms with Crippen molar-refractivity contribution in [1.82, 2.24) is 4.57 Å². The lowest BCUT2D eigenvalue weighted by molar-refractivity contribution is 0.842. The van der Waals surface area contributed by atoms with Gasteiger partial charge in [-0.05, 0) is 55.0 Å². The van der Waals surface area contributed by atoms with Crippen LogP contribution in [0.5, 0.6) is 0 Å². The number of rotatable bonds is 1. The topological polar surface area (TPSA) is 4.93 Å². The van der Waals surface area contributed by atoms with Crippen molar-refractivity contribution in [3.8, 4) is 0 Å². The van der Waals surface area contributed by atoms with Crippen molar-refractivity contribution < 1.29 is 0 Å². The third-order valence-electron chi connectivity index (χ3n) is 3.78. The summed E-state index contributed by atoms with van der Waals surface area (Å²) in [5.41, 5.74) is 7.26. The summed E-state index contributed by atoms with van der Waals surface area (Å²) in [6.07, 6.45) is 2.16. The van der Waals surface area contributed by atoms with Gasteiger partial charge in [-0.25, -0.2) is 0 Å². The highest BCUT2D eigenvalue weighted by Crippen LogP contribution is 2.33. The fourth-order valence-electron chi connectivity index (χ4n) is 2.98. The smallest absolute Gasteiger partial charge is 0.0513 e. The molecule has 0 radical (unpaired) electrons. The number of aromatic nitrogens is 1. The molecule has 0 fully saturated rings. The van der Waals surface area contributed by atoms with Gasteiger partial charge in [0.1, 0.15) is 0 Å². The Morgan fingerprint density at radius 3 is 2.19 bits per heavy atom. The van der Waals surface area contributed by atoms with Crippen molar-refractivity contribution in [3.63, 3.8) is 0 Å². The maximum Gasteiger partial charge on any atom is 0.0513 e. The molecule has 16 heavy (non-hydrogen) atoms. The van der Waals surface area contributed by atoms with Crippen molar-refractivity contribution >= 4 is 10.9 Å². The van der Waals surface area contributed by atoms with E-state index in [0.29, 0.717) is 5.92 Å². The first-order valence-corrected chi connectivity index (χ1v) is 5.99. The van der Waals surface area contributed by atoms with E-state index in [4.69, 9.17) is 0 Å². The average molecular weight is 215 g/mol. The SMILES string of the molecule is Cc1c(C(C)C)c(C)c2c(ccn2C)c1C. The molecule has 1 heterocycles. The molecule has 0 aliphatic carbocycles. The van der Waals surface area contributed by atoms with Crippen LogP contribution in [0.25, 0.3) is 10.9 Å². The molecular weight excluding hydrogens is 194 g/mol. The van der Waals surface area contributed by atoms with Gasteiger partial charge in [0, 0.05) is 18.6 Å². The zero-order valence-electron chi connectivity index (χ0n) is 11.2. The van der Waals surface area contributed by atoms with Gasteiger partial charge in [0.15, 0.2) is 0 Å². The van der Waals surface area contributed by atoms with Crippen LogP contribution in [0.3, 0.4) is 0 Å². The van der Waals surface area contributed by atoms with Gasteiger partial charge in [-0.2, -0.15) is 0 Å². The third-order valence-corrected chi connectivity index (χ3v) is 3.78. The second-order valence-corrected chi connectivity index (χ2v) is 5.13. The van der Waals surface area contributed by atoms with E-state index in [1.54, 1.807) is 0 Å². The van der Waals surface area contributed by atoms with Crippen LogP contribution in [0.4, 0.5) is 0 Å². The molecule has 2 aromatic rings. The number of fused-ring (bicyclic) bond motifs is 1. The normalized spacial score (nSPS) is 11.7. The van der Waals surface area contributed by atoms with Crippen LogP contribution in [0, 0.1) is 20.8 Å². The minimum absolute atomic E-state index is 0.595. The molecule has 0 N–H and O–H groups in total. The van der Waals surface area contributed by atoms with E-state index in [9.17, 15) is 0 Å². The van der Waals surface area contributed by atoms with Crippen LogP contribution in [0.15, 0.2) is 12.3 Å². The Balaban J connectivity index is 2.97. The summed E-state index contributed by atoms with van der Waals surface area (Å²) in [5.74, 6) is 0.595. The van der Waals surface area contributed by atoms with Crippen molar-refractivity contribution in [1.29, 1.82) is 0 Å². The van der Waals surface area contributed by atoms with Gasteiger partial charge in [-0.15, -0.1) is 0 Å². The van der Waals surface area contributed by atoms with E-state index in [2.05, 4.69) is 58.5 Å². The summed E-state index contributed by atoms with van der Waals surface area (Å²) < 4.78 is 2.24. The number of aryl methyl sites for hydroxylation is 3. The maximum absolute atomic E-state index is 2.28. The number of nitrogens with zero attached hydrogens (tertiary/aromatic N) is 1. The average Bonchev–Trinajstić information content (AvgIpc) is 2.57. The Morgan fingerprint density at radius 2 is 1.62 bits per heavy atom. The Bertz CT molecular complexity index is 544. The predicted molar refractivity (Wildman–Crippen MR) is 71.2 cm³/mol. The molecule has 0 aliphatic heterocycles. The monoisotopic (exact) mass is 215 g/mol. The quantitative estimate of drug-likeness (QED) is 0.671. The highest BCUT2D eigenvalue weighted by molar-refractivity contribution is 5.89. The Morgan fingerprint density at radius 1 is 1.00 bits per heavy atom. The molecule has 1 aromatic heterocycles. The summed E-state index contributed by atoms with van der Waals surface area (Å²) in [7, 11) is 2.13. The van der Waals surface area contributed by atoms with Crippen LogP contribution in [0.2, 0.25) is 0 Å². The summed E-state index contributed by atoms with van der Waals surface area (Å²) in [4.78, 5) is 0. The highest BCUT2D eigenvalue weighted by atomic mass is 14.9. The summed E-state index contributed by atoms with van der Waals surface area (Å²) in [5, 5.41) is 1.40. The molecule has 86 valence electrons. The van der Waals surface area contributed by atoms with Gasteiger partial charge in [0.25, 0.3) is 0 Å². The first-order chi connectivity index (χ1) is 7.45. The van der Waals surface area contributed by atoms with Crippen molar-refractivity contribution in [2.45, 2.75) is 40.5 Å². The second kappa shape index (κ2) is 3.65. The van der Waals surface area contributed by atoms with Gasteiger partial charge in [0.2, 0.25) is 0 Å². The van der Waals surface area contributed by atoms with Crippen LogP contribution < -0.4 is 0 Å². The van der Waals surface area contributed by atoms with Gasteiger partial charge in [-0.1, -0.05) is 13.8 Å². The molecule has 0 unspecified atom stereocenters. The predicted octanol–water partition coefficient (Wildman–Crippen LogP) is 4.23. The van der Waals surface area contributed by atoms with E-state index in [1.807, 2.05) is 0 Å². The molecule has 2 rings (SSSR count). The summed E-state index contributed by atoms with van der Waals surface area (Å²) in [6, 6.07) is 2.23. The molecule has 0 spiro atoms. The van der Waals surface area contributed by atoms with Crippen LogP contribution >= 0.6 is 0 Å². The Hall–Kier alpha value is -1.24. The third kappa shape index (κ3) is 1.38. The number of hydrogen-bond acceptors (Lipinski definition) is 0. The maximum atomic E-state index is 2.28. The molecule has 0 bridgehead atoms. The van der Waals surface area contributed by atoms with E-state index in [1.165, 1.54) is 33.2 Å². The first-order valence-electron chi connectivity index (χ1n) is 5.99. The summed E-state index contributed by atoms with van der Waals surface area (Å²) in [6.45, 7) is 11.3. The zero-order valence-corrected chi connectivity index (χ0v) is 11.2. The van der Waals surface area contributed by atoms with E-state index >= 15 is 0 Å². The molecule has 0 aliphatic rings. The van der Waals surface area contributed by atoms with Gasteiger partial charge >= 0.3 is 0 Å². The standard InChI is InChI=1S/C15H21N/c1-9(2)14-11(4)10(3)13-7-8-16(6)15(13)12(14)5/h7-9H,1-6H3. The second-order valence-electron chi connectivity index (χ2n) is 5.13. The first kappa shape index (κ1) is 11.3. The molecular formula is C15H21N. The van der Waals surface area contributed by atoms with Gasteiger partial charge in [-0.3, -0.25) is 0 Å². The molecule has 0 saturated heterocycles. The Kier molecular flexibility index (Phi) is 2.57. The van der Waals surface area contributed by atoms with Crippen LogP contribution in [0.1, 0.15) is 42.0 Å². The molecule has 1 heteroatoms. The molecule has 0 amide bonds. The van der Waals surface area contributed by atoms with E-state index < -0.39 is 0 Å². The lowest BCUT2D eigenvalue weighted by Crippen LogP contribution is -2.01. The molecule has 0 atom stereocenters. The molecule has 1 nitrogen and oxygen atoms in total. The van der Waals surface area contributed by atoms with E-state index in [0.717, 1.165) is 0 Å². The lowest BCUT2D eigenvalue weighted by atomic mass is 9.88. The van der Waals surface area contributed by atoms with Crippen molar-refractivity contribution in [2.75, 3.05) is 0 Å². The van der Waals surface area contributed by atoms with Crippen LogP contribution in [-0.2, 0) is 7.05 Å². The Labute approximate surface area is 98.1 Å². The highest BCUT2D eigenvalue weighted by Gasteiger charge is 2.15. The molecule has 0 saturated carbocycles. The molecule has 1 aromatic carbocycles. The van der Waals surface area contributed by atoms with E-state index in [-0.39, 0.29) is 0 Å². The fourth-order valence-corrected chi connectivity index (χ4v) is 2.98. The number of hydrogen-bond donors (Lipinski definition) is 0. The van der Waals surface area contributed by atoms with Gasteiger partial charge in [0.05, 0.1) is 5.52 Å². The lowest BCUT2D eigenvalue weighted by Gasteiger charge is -2.18.